The van der Waals surface area contributed by atoms with Crippen LogP contribution in [0.25, 0.3) is 10.9 Å². The van der Waals surface area contributed by atoms with Crippen LogP contribution >= 0.6 is 0 Å². The summed E-state index contributed by atoms with van der Waals surface area (Å²) >= 11 is 0. The van der Waals surface area contributed by atoms with Gasteiger partial charge in [0.2, 0.25) is 5.91 Å². The summed E-state index contributed by atoms with van der Waals surface area (Å²) < 4.78 is 13.4. The largest absolute Gasteiger partial charge is 0.396 e. The standard InChI is InChI=1S/C17H21FN2O2/c18-13-5-6-16-14(8-13)12(9-19-16)7-17(22)20-15-4-2-1-3-11(15)10-21/h5-6,8-9,11,15,19,21H,1-4,7,10H2,(H,20,22). The zero-order chi connectivity index (χ0) is 15.5. The van der Waals surface area contributed by atoms with Crippen molar-refractivity contribution in [2.24, 2.45) is 5.92 Å². The highest BCUT2D eigenvalue weighted by Gasteiger charge is 2.25. The number of carbonyl (C=O) groups is 1. The first-order chi connectivity index (χ1) is 10.7. The topological polar surface area (TPSA) is 65.1 Å². The molecule has 4 nitrogen and oxygen atoms in total. The summed E-state index contributed by atoms with van der Waals surface area (Å²) in [7, 11) is 0. The summed E-state index contributed by atoms with van der Waals surface area (Å²) in [6.07, 6.45) is 6.05. The molecule has 1 aromatic carbocycles. The number of rotatable bonds is 4. The van der Waals surface area contributed by atoms with Crippen LogP contribution in [0.5, 0.6) is 0 Å². The molecule has 1 heterocycles. The fraction of sp³-hybridized carbons (Fsp3) is 0.471. The second-order valence-corrected chi connectivity index (χ2v) is 6.08. The molecule has 1 amide bonds. The number of aliphatic hydroxyl groups is 1. The molecule has 0 radical (unpaired) electrons. The van der Waals surface area contributed by atoms with Crippen molar-refractivity contribution in [2.75, 3.05) is 6.61 Å². The van der Waals surface area contributed by atoms with E-state index in [9.17, 15) is 14.3 Å². The molecule has 2 unspecified atom stereocenters. The molecule has 2 atom stereocenters. The van der Waals surface area contributed by atoms with E-state index < -0.39 is 0 Å². The number of hydrogen-bond acceptors (Lipinski definition) is 2. The monoisotopic (exact) mass is 304 g/mol. The number of nitrogens with one attached hydrogen (secondary N) is 2. The highest BCUT2D eigenvalue weighted by atomic mass is 19.1. The van der Waals surface area contributed by atoms with Gasteiger partial charge in [0.1, 0.15) is 5.82 Å². The Hall–Kier alpha value is -1.88. The van der Waals surface area contributed by atoms with E-state index in [-0.39, 0.29) is 36.7 Å². The number of fused-ring (bicyclic) bond motifs is 1. The number of aliphatic hydroxyl groups excluding tert-OH is 1. The summed E-state index contributed by atoms with van der Waals surface area (Å²) in [5.74, 6) is -0.227. The van der Waals surface area contributed by atoms with Crippen LogP contribution in [0, 0.1) is 11.7 Å². The van der Waals surface area contributed by atoms with E-state index in [1.165, 1.54) is 12.1 Å². The fourth-order valence-corrected chi connectivity index (χ4v) is 3.34. The van der Waals surface area contributed by atoms with E-state index in [4.69, 9.17) is 0 Å². The molecule has 1 aliphatic carbocycles. The van der Waals surface area contributed by atoms with Gasteiger partial charge in [0.05, 0.1) is 6.42 Å². The van der Waals surface area contributed by atoms with Crippen molar-refractivity contribution in [3.05, 3.63) is 35.8 Å². The van der Waals surface area contributed by atoms with Crippen LogP contribution in [0.15, 0.2) is 24.4 Å². The number of carbonyl (C=O) groups excluding carboxylic acids is 1. The maximum absolute atomic E-state index is 13.4. The summed E-state index contributed by atoms with van der Waals surface area (Å²) in [6.45, 7) is 0.114. The van der Waals surface area contributed by atoms with Crippen LogP contribution in [0.3, 0.4) is 0 Å². The van der Waals surface area contributed by atoms with Gasteiger partial charge in [-0.2, -0.15) is 0 Å². The summed E-state index contributed by atoms with van der Waals surface area (Å²) in [5, 5.41) is 13.2. The molecular weight excluding hydrogens is 283 g/mol. The van der Waals surface area contributed by atoms with E-state index in [0.717, 1.165) is 42.1 Å². The van der Waals surface area contributed by atoms with E-state index in [2.05, 4.69) is 10.3 Å². The quantitative estimate of drug-likeness (QED) is 0.812. The zero-order valence-corrected chi connectivity index (χ0v) is 12.4. The van der Waals surface area contributed by atoms with Crippen molar-refractivity contribution in [1.82, 2.24) is 10.3 Å². The minimum absolute atomic E-state index is 0.0493. The fourth-order valence-electron chi connectivity index (χ4n) is 3.34. The second-order valence-electron chi connectivity index (χ2n) is 6.08. The average molecular weight is 304 g/mol. The van der Waals surface area contributed by atoms with Gasteiger partial charge in [-0.05, 0) is 36.6 Å². The lowest BCUT2D eigenvalue weighted by molar-refractivity contribution is -0.121. The van der Waals surface area contributed by atoms with Crippen LogP contribution in [0.2, 0.25) is 0 Å². The third kappa shape index (κ3) is 3.14. The number of aromatic nitrogens is 1. The second kappa shape index (κ2) is 6.48. The highest BCUT2D eigenvalue weighted by Crippen LogP contribution is 2.24. The smallest absolute Gasteiger partial charge is 0.224 e. The Labute approximate surface area is 128 Å². The van der Waals surface area contributed by atoms with Gasteiger partial charge in [-0.15, -0.1) is 0 Å². The Morgan fingerprint density at radius 3 is 3.00 bits per heavy atom. The van der Waals surface area contributed by atoms with Crippen molar-refractivity contribution in [2.45, 2.75) is 38.1 Å². The molecule has 0 bridgehead atoms. The van der Waals surface area contributed by atoms with Crippen molar-refractivity contribution in [3.63, 3.8) is 0 Å². The predicted octanol–water partition coefficient (Wildman–Crippen LogP) is 2.52. The zero-order valence-electron chi connectivity index (χ0n) is 12.4. The van der Waals surface area contributed by atoms with Crippen molar-refractivity contribution < 1.29 is 14.3 Å². The molecule has 2 aromatic rings. The third-order valence-electron chi connectivity index (χ3n) is 4.57. The Kier molecular flexibility index (Phi) is 4.43. The van der Waals surface area contributed by atoms with Crippen molar-refractivity contribution >= 4 is 16.8 Å². The number of H-pyrrole nitrogens is 1. The van der Waals surface area contributed by atoms with Gasteiger partial charge < -0.3 is 15.4 Å². The molecule has 22 heavy (non-hydrogen) atoms. The van der Waals surface area contributed by atoms with Crippen LogP contribution in [-0.4, -0.2) is 28.6 Å². The first-order valence-corrected chi connectivity index (χ1v) is 7.83. The predicted molar refractivity (Wildman–Crippen MR) is 82.9 cm³/mol. The van der Waals surface area contributed by atoms with E-state index in [1.807, 2.05) is 0 Å². The summed E-state index contributed by atoms with van der Waals surface area (Å²) in [4.78, 5) is 15.3. The number of hydrogen-bond donors (Lipinski definition) is 3. The summed E-state index contributed by atoms with van der Waals surface area (Å²) in [5.41, 5.74) is 1.62. The average Bonchev–Trinajstić information content (AvgIpc) is 2.90. The SMILES string of the molecule is O=C(Cc1c[nH]c2ccc(F)cc12)NC1CCCCC1CO. The molecule has 3 N–H and O–H groups in total. The van der Waals surface area contributed by atoms with Gasteiger partial charge in [0, 0.05) is 35.7 Å². The molecule has 0 aliphatic heterocycles. The van der Waals surface area contributed by atoms with Gasteiger partial charge in [0.15, 0.2) is 0 Å². The van der Waals surface area contributed by atoms with Crippen LogP contribution in [0.4, 0.5) is 4.39 Å². The van der Waals surface area contributed by atoms with Crippen molar-refractivity contribution in [1.29, 1.82) is 0 Å². The van der Waals surface area contributed by atoms with E-state index >= 15 is 0 Å². The number of aromatic amines is 1. The van der Waals surface area contributed by atoms with Gasteiger partial charge in [-0.3, -0.25) is 4.79 Å². The molecule has 1 fully saturated rings. The summed E-state index contributed by atoms with van der Waals surface area (Å²) in [6, 6.07) is 4.57. The molecule has 5 heteroatoms. The van der Waals surface area contributed by atoms with Crippen LogP contribution in [-0.2, 0) is 11.2 Å². The normalized spacial score (nSPS) is 21.9. The molecule has 0 spiro atoms. The van der Waals surface area contributed by atoms with Gasteiger partial charge in [-0.25, -0.2) is 4.39 Å². The van der Waals surface area contributed by atoms with E-state index in [1.54, 1.807) is 12.3 Å². The molecular formula is C17H21FN2O2. The van der Waals surface area contributed by atoms with Gasteiger partial charge >= 0.3 is 0 Å². The van der Waals surface area contributed by atoms with E-state index in [0.29, 0.717) is 0 Å². The van der Waals surface area contributed by atoms with Crippen molar-refractivity contribution in [3.8, 4) is 0 Å². The van der Waals surface area contributed by atoms with Gasteiger partial charge in [0.25, 0.3) is 0 Å². The first-order valence-electron chi connectivity index (χ1n) is 7.83. The maximum Gasteiger partial charge on any atom is 0.224 e. The first kappa shape index (κ1) is 15.0. The lowest BCUT2D eigenvalue weighted by Gasteiger charge is -2.30. The lowest BCUT2D eigenvalue weighted by Crippen LogP contribution is -2.44. The minimum Gasteiger partial charge on any atom is -0.396 e. The maximum atomic E-state index is 13.4. The molecule has 3 rings (SSSR count). The third-order valence-corrected chi connectivity index (χ3v) is 4.57. The molecule has 1 aromatic heterocycles. The Balaban J connectivity index is 1.69. The van der Waals surface area contributed by atoms with Gasteiger partial charge in [-0.1, -0.05) is 12.8 Å². The van der Waals surface area contributed by atoms with Crippen LogP contribution in [0.1, 0.15) is 31.2 Å². The minimum atomic E-state index is -0.304. The lowest BCUT2D eigenvalue weighted by atomic mass is 9.85. The van der Waals surface area contributed by atoms with Crippen LogP contribution < -0.4 is 5.32 Å². The molecule has 0 saturated heterocycles. The number of amides is 1. The molecule has 1 saturated carbocycles. The number of benzene rings is 1. The highest BCUT2D eigenvalue weighted by molar-refractivity contribution is 5.89. The Morgan fingerprint density at radius 1 is 1.36 bits per heavy atom. The number of halogens is 1. The molecule has 118 valence electrons. The molecule has 1 aliphatic rings. The Bertz CT molecular complexity index is 668. The Morgan fingerprint density at radius 2 is 2.18 bits per heavy atom.